The van der Waals surface area contributed by atoms with Crippen LogP contribution in [0.2, 0.25) is 0 Å². The van der Waals surface area contributed by atoms with E-state index in [1.165, 1.54) is 0 Å². The van der Waals surface area contributed by atoms with Crippen molar-refractivity contribution in [1.82, 2.24) is 19.6 Å². The Morgan fingerprint density at radius 1 is 0.967 bits per heavy atom. The molecule has 1 aromatic carbocycles. The van der Waals surface area contributed by atoms with Crippen LogP contribution < -0.4 is 9.47 Å². The van der Waals surface area contributed by atoms with E-state index in [4.69, 9.17) is 9.47 Å². The maximum absolute atomic E-state index is 11.9. The van der Waals surface area contributed by atoms with Crippen molar-refractivity contribution < 1.29 is 14.3 Å². The first-order chi connectivity index (χ1) is 14.6. The molecule has 4 aromatic rings. The van der Waals surface area contributed by atoms with Gasteiger partial charge < -0.3 is 9.47 Å². The van der Waals surface area contributed by atoms with Crippen molar-refractivity contribution in [3.63, 3.8) is 0 Å². The second kappa shape index (κ2) is 9.65. The van der Waals surface area contributed by atoms with Crippen LogP contribution in [-0.4, -0.2) is 39.6 Å². The van der Waals surface area contributed by atoms with Gasteiger partial charge in [-0.15, -0.1) is 0 Å². The average Bonchev–Trinajstić information content (AvgIpc) is 3.23. The number of aromatic nitrogens is 4. The third-order valence-corrected chi connectivity index (χ3v) is 4.46. The predicted molar refractivity (Wildman–Crippen MR) is 115 cm³/mol. The molecule has 0 spiro atoms. The third-order valence-electron chi connectivity index (χ3n) is 4.46. The first-order valence-corrected chi connectivity index (χ1v) is 9.55. The number of hydrogen-bond donors (Lipinski definition) is 0. The van der Waals surface area contributed by atoms with E-state index < -0.39 is 0 Å². The quantitative estimate of drug-likeness (QED) is 0.459. The molecule has 0 saturated carbocycles. The molecular weight excluding hydrogens is 380 g/mol. The molecule has 0 saturated heterocycles. The number of hydrogen-bond acceptors (Lipinski definition) is 6. The Balaban J connectivity index is 0.000000310. The van der Waals surface area contributed by atoms with Gasteiger partial charge in [0.15, 0.2) is 22.9 Å². The molecule has 7 nitrogen and oxygen atoms in total. The van der Waals surface area contributed by atoms with Crippen LogP contribution in [0.4, 0.5) is 0 Å². The molecule has 0 unspecified atom stereocenters. The average molecular weight is 404 g/mol. The van der Waals surface area contributed by atoms with Crippen LogP contribution in [-0.2, 0) is 0 Å². The van der Waals surface area contributed by atoms with Crippen molar-refractivity contribution >= 4 is 11.4 Å². The van der Waals surface area contributed by atoms with Gasteiger partial charge in [-0.3, -0.25) is 9.78 Å². The molecule has 30 heavy (non-hydrogen) atoms. The highest BCUT2D eigenvalue weighted by Gasteiger charge is 2.14. The van der Waals surface area contributed by atoms with Crippen LogP contribution in [0.3, 0.4) is 0 Å². The summed E-state index contributed by atoms with van der Waals surface area (Å²) in [7, 11) is 3.19. The van der Waals surface area contributed by atoms with E-state index in [2.05, 4.69) is 15.1 Å². The Kier molecular flexibility index (Phi) is 6.75. The highest BCUT2D eigenvalue weighted by Crippen LogP contribution is 2.32. The van der Waals surface area contributed by atoms with Gasteiger partial charge in [0.1, 0.15) is 5.69 Å². The first kappa shape index (κ1) is 21.0. The largest absolute Gasteiger partial charge is 0.493 e. The molecule has 0 aliphatic heterocycles. The minimum Gasteiger partial charge on any atom is -0.493 e. The van der Waals surface area contributed by atoms with E-state index in [9.17, 15) is 4.79 Å². The maximum Gasteiger partial charge on any atom is 0.182 e. The number of methoxy groups -OCH3 is 2. The van der Waals surface area contributed by atoms with Crippen LogP contribution in [0.1, 0.15) is 29.5 Å². The van der Waals surface area contributed by atoms with Gasteiger partial charge in [-0.2, -0.15) is 5.10 Å². The van der Waals surface area contributed by atoms with E-state index in [0.717, 1.165) is 17.0 Å². The van der Waals surface area contributed by atoms with Crippen LogP contribution in [0.25, 0.3) is 16.9 Å². The van der Waals surface area contributed by atoms with Crippen molar-refractivity contribution in [3.05, 3.63) is 72.3 Å². The number of carbonyl (C=O) groups is 1. The summed E-state index contributed by atoms with van der Waals surface area (Å²) in [6, 6.07) is 15.0. The third kappa shape index (κ3) is 4.63. The van der Waals surface area contributed by atoms with E-state index in [0.29, 0.717) is 29.3 Å². The number of pyridine rings is 1. The smallest absolute Gasteiger partial charge is 0.182 e. The summed E-state index contributed by atoms with van der Waals surface area (Å²) >= 11 is 0. The number of ether oxygens (including phenoxy) is 2. The Bertz CT molecular complexity index is 1140. The lowest BCUT2D eigenvalue weighted by molar-refractivity contribution is 0.0983. The normalized spacial score (nSPS) is 10.3. The number of ketones is 1. The molecule has 3 heterocycles. The molecule has 3 aromatic heterocycles. The second-order valence-corrected chi connectivity index (χ2v) is 6.45. The van der Waals surface area contributed by atoms with Gasteiger partial charge in [0.05, 0.1) is 19.9 Å². The number of fused-ring (bicyclic) bond motifs is 1. The summed E-state index contributed by atoms with van der Waals surface area (Å²) in [4.78, 5) is 20.1. The highest BCUT2D eigenvalue weighted by molar-refractivity contribution is 5.95. The Morgan fingerprint density at radius 2 is 1.77 bits per heavy atom. The Hall–Kier alpha value is -3.74. The van der Waals surface area contributed by atoms with Crippen LogP contribution >= 0.6 is 0 Å². The number of benzene rings is 1. The number of carbonyl (C=O) groups excluding carboxylic acids is 1. The SMILES string of the molecule is CCC(=O)c1cc2nccc(-c3ccc(OC)c(OC)c3)n2n1.Cc1ccccn1. The number of rotatable bonds is 5. The predicted octanol–water partition coefficient (Wildman–Crippen LogP) is 4.40. The second-order valence-electron chi connectivity index (χ2n) is 6.45. The summed E-state index contributed by atoms with van der Waals surface area (Å²) in [5.41, 5.74) is 3.85. The summed E-state index contributed by atoms with van der Waals surface area (Å²) in [5.74, 6) is 1.28. The zero-order valence-corrected chi connectivity index (χ0v) is 17.5. The van der Waals surface area contributed by atoms with E-state index in [1.54, 1.807) is 37.2 Å². The van der Waals surface area contributed by atoms with Gasteiger partial charge >= 0.3 is 0 Å². The zero-order chi connectivity index (χ0) is 21.5. The lowest BCUT2D eigenvalue weighted by Crippen LogP contribution is -2.00. The molecule has 0 fully saturated rings. The van der Waals surface area contributed by atoms with Gasteiger partial charge in [0.2, 0.25) is 0 Å². The minimum atomic E-state index is -0.00578. The van der Waals surface area contributed by atoms with Crippen molar-refractivity contribution in [2.75, 3.05) is 14.2 Å². The number of nitrogens with zero attached hydrogens (tertiary/aromatic N) is 4. The summed E-state index contributed by atoms with van der Waals surface area (Å²) < 4.78 is 12.3. The lowest BCUT2D eigenvalue weighted by atomic mass is 10.1. The molecule has 154 valence electrons. The fraction of sp³-hybridized carbons (Fsp3) is 0.217. The molecule has 0 atom stereocenters. The first-order valence-electron chi connectivity index (χ1n) is 9.55. The van der Waals surface area contributed by atoms with Gasteiger partial charge in [-0.1, -0.05) is 13.0 Å². The monoisotopic (exact) mass is 404 g/mol. The number of aryl methyl sites for hydroxylation is 1. The van der Waals surface area contributed by atoms with E-state index in [-0.39, 0.29) is 5.78 Å². The molecule has 0 amide bonds. The molecule has 0 bridgehead atoms. The standard InChI is InChI=1S/C17H17N3O3.C6H7N/c1-4-14(21)12-10-17-18-8-7-13(20(17)19-12)11-5-6-15(22-2)16(9-11)23-3;1-6-4-2-3-5-7-6/h5-10H,4H2,1-3H3;2-5H,1H3. The molecule has 4 rings (SSSR count). The van der Waals surface area contributed by atoms with Crippen molar-refractivity contribution in [1.29, 1.82) is 0 Å². The van der Waals surface area contributed by atoms with Gasteiger partial charge in [0.25, 0.3) is 0 Å². The molecule has 0 radical (unpaired) electrons. The topological polar surface area (TPSA) is 78.6 Å². The maximum atomic E-state index is 11.9. The fourth-order valence-corrected chi connectivity index (χ4v) is 2.87. The summed E-state index contributed by atoms with van der Waals surface area (Å²) in [6.07, 6.45) is 3.90. The van der Waals surface area contributed by atoms with Crippen molar-refractivity contribution in [3.8, 4) is 22.8 Å². The van der Waals surface area contributed by atoms with E-state index in [1.807, 2.05) is 56.3 Å². The van der Waals surface area contributed by atoms with Gasteiger partial charge in [-0.05, 0) is 43.3 Å². The van der Waals surface area contributed by atoms with Crippen molar-refractivity contribution in [2.45, 2.75) is 20.3 Å². The molecule has 0 N–H and O–H groups in total. The van der Waals surface area contributed by atoms with Gasteiger partial charge in [-0.25, -0.2) is 9.50 Å². The van der Waals surface area contributed by atoms with Crippen molar-refractivity contribution in [2.24, 2.45) is 0 Å². The molecule has 7 heteroatoms. The number of Topliss-reactive ketones (excluding diaryl/α,β-unsaturated/α-hetero) is 1. The zero-order valence-electron chi connectivity index (χ0n) is 17.5. The molecular formula is C23H24N4O3. The molecule has 0 aliphatic rings. The highest BCUT2D eigenvalue weighted by atomic mass is 16.5. The Morgan fingerprint density at radius 3 is 2.37 bits per heavy atom. The summed E-state index contributed by atoms with van der Waals surface area (Å²) in [6.45, 7) is 3.79. The van der Waals surface area contributed by atoms with Crippen LogP contribution in [0.15, 0.2) is 60.9 Å². The minimum absolute atomic E-state index is 0.00578. The van der Waals surface area contributed by atoms with Crippen LogP contribution in [0.5, 0.6) is 11.5 Å². The summed E-state index contributed by atoms with van der Waals surface area (Å²) in [5, 5.41) is 4.39. The lowest BCUT2D eigenvalue weighted by Gasteiger charge is -2.10. The molecule has 0 aliphatic carbocycles. The van der Waals surface area contributed by atoms with Gasteiger partial charge in [0, 0.05) is 36.1 Å². The Labute approximate surface area is 175 Å². The van der Waals surface area contributed by atoms with E-state index >= 15 is 0 Å². The fourth-order valence-electron chi connectivity index (χ4n) is 2.87. The van der Waals surface area contributed by atoms with Crippen LogP contribution in [0, 0.1) is 6.92 Å².